The highest BCUT2D eigenvalue weighted by molar-refractivity contribution is 7.99. The largest absolute Gasteiger partial charge is 0.497 e. The van der Waals surface area contributed by atoms with Gasteiger partial charge in [0.25, 0.3) is 0 Å². The van der Waals surface area contributed by atoms with Crippen LogP contribution in [0, 0.1) is 0 Å². The van der Waals surface area contributed by atoms with Gasteiger partial charge in [-0.3, -0.25) is 9.59 Å². The summed E-state index contributed by atoms with van der Waals surface area (Å²) >= 11 is 1.18. The summed E-state index contributed by atoms with van der Waals surface area (Å²) < 4.78 is 12.0. The molecule has 0 unspecified atom stereocenters. The zero-order valence-corrected chi connectivity index (χ0v) is 17.5. The topological polar surface area (TPSA) is 115 Å². The Morgan fingerprint density at radius 3 is 2.69 bits per heavy atom. The van der Waals surface area contributed by atoms with E-state index in [1.54, 1.807) is 29.9 Å². The van der Waals surface area contributed by atoms with E-state index in [-0.39, 0.29) is 30.7 Å². The van der Waals surface area contributed by atoms with Crippen LogP contribution in [-0.4, -0.2) is 53.0 Å². The molecule has 0 saturated heterocycles. The van der Waals surface area contributed by atoms with Crippen LogP contribution >= 0.6 is 11.8 Å². The van der Waals surface area contributed by atoms with E-state index in [0.29, 0.717) is 34.6 Å². The van der Waals surface area contributed by atoms with E-state index < -0.39 is 0 Å². The molecule has 0 aliphatic heterocycles. The number of carbonyl (C=O) groups excluding carboxylic acids is 2. The summed E-state index contributed by atoms with van der Waals surface area (Å²) in [4.78, 5) is 28.6. The van der Waals surface area contributed by atoms with E-state index >= 15 is 0 Å². The van der Waals surface area contributed by atoms with Crippen molar-refractivity contribution in [1.82, 2.24) is 14.9 Å². The number of amides is 2. The van der Waals surface area contributed by atoms with Crippen molar-refractivity contribution in [3.05, 3.63) is 30.1 Å². The maximum absolute atomic E-state index is 12.4. The van der Waals surface area contributed by atoms with Gasteiger partial charge in [-0.25, -0.2) is 4.98 Å². The summed E-state index contributed by atoms with van der Waals surface area (Å²) in [5.74, 6) is 0.754. The van der Waals surface area contributed by atoms with Crippen LogP contribution in [0.4, 0.5) is 5.69 Å². The average molecular weight is 423 g/mol. The standard InChI is InChI=1S/C19H26N4O5S/c1-4-7-20-17(25)10-23-13(11-24)9-21-19(23)29-12-18(26)22-15-6-5-14(27-2)8-16(15)28-3/h5-6,8-9,24H,4,7,10-12H2,1-3H3,(H,20,25)(H,22,26). The predicted octanol–water partition coefficient (Wildman–Crippen LogP) is 1.65. The highest BCUT2D eigenvalue weighted by Gasteiger charge is 2.15. The van der Waals surface area contributed by atoms with Gasteiger partial charge in [0.05, 0.1) is 44.2 Å². The fraction of sp³-hybridized carbons (Fsp3) is 0.421. The number of thioether (sulfide) groups is 1. The molecule has 0 bridgehead atoms. The third-order valence-corrected chi connectivity index (χ3v) is 4.94. The molecule has 10 heteroatoms. The van der Waals surface area contributed by atoms with Crippen molar-refractivity contribution in [1.29, 1.82) is 0 Å². The highest BCUT2D eigenvalue weighted by Crippen LogP contribution is 2.29. The fourth-order valence-electron chi connectivity index (χ4n) is 2.48. The lowest BCUT2D eigenvalue weighted by molar-refractivity contribution is -0.121. The molecule has 0 atom stereocenters. The normalized spacial score (nSPS) is 10.5. The van der Waals surface area contributed by atoms with Gasteiger partial charge in [-0.15, -0.1) is 0 Å². The molecule has 0 spiro atoms. The molecule has 2 amide bonds. The van der Waals surface area contributed by atoms with Crippen molar-refractivity contribution in [2.24, 2.45) is 0 Å². The summed E-state index contributed by atoms with van der Waals surface area (Å²) in [6.45, 7) is 2.33. The summed E-state index contributed by atoms with van der Waals surface area (Å²) in [6.07, 6.45) is 2.33. The Kier molecular flexibility index (Phi) is 8.81. The second-order valence-electron chi connectivity index (χ2n) is 6.03. The third-order valence-electron chi connectivity index (χ3n) is 3.95. The lowest BCUT2D eigenvalue weighted by atomic mass is 10.2. The number of aromatic nitrogens is 2. The molecular weight excluding hydrogens is 396 g/mol. The Morgan fingerprint density at radius 1 is 1.24 bits per heavy atom. The van der Waals surface area contributed by atoms with E-state index in [4.69, 9.17) is 9.47 Å². The Hall–Kier alpha value is -2.72. The average Bonchev–Trinajstić information content (AvgIpc) is 3.12. The van der Waals surface area contributed by atoms with Crippen LogP contribution in [0.25, 0.3) is 0 Å². The smallest absolute Gasteiger partial charge is 0.240 e. The predicted molar refractivity (Wildman–Crippen MR) is 110 cm³/mol. The van der Waals surface area contributed by atoms with Crippen molar-refractivity contribution in [3.8, 4) is 11.5 Å². The first-order chi connectivity index (χ1) is 14.0. The lowest BCUT2D eigenvalue weighted by Crippen LogP contribution is -2.29. The van der Waals surface area contributed by atoms with E-state index in [1.165, 1.54) is 25.1 Å². The van der Waals surface area contributed by atoms with Crippen LogP contribution in [-0.2, 0) is 22.7 Å². The summed E-state index contributed by atoms with van der Waals surface area (Å²) in [5, 5.41) is 15.5. The van der Waals surface area contributed by atoms with Gasteiger partial charge in [-0.2, -0.15) is 0 Å². The quantitative estimate of drug-likeness (QED) is 0.472. The number of hydrogen-bond donors (Lipinski definition) is 3. The van der Waals surface area contributed by atoms with Crippen molar-refractivity contribution < 1.29 is 24.2 Å². The number of aliphatic hydroxyl groups excluding tert-OH is 1. The van der Waals surface area contributed by atoms with Crippen LogP contribution in [0.15, 0.2) is 29.6 Å². The van der Waals surface area contributed by atoms with Crippen molar-refractivity contribution in [2.75, 3.05) is 31.8 Å². The molecule has 1 heterocycles. The highest BCUT2D eigenvalue weighted by atomic mass is 32.2. The molecule has 0 saturated carbocycles. The van der Waals surface area contributed by atoms with Gasteiger partial charge in [-0.1, -0.05) is 18.7 Å². The van der Waals surface area contributed by atoms with Crippen LogP contribution in [0.2, 0.25) is 0 Å². The van der Waals surface area contributed by atoms with Crippen LogP contribution < -0.4 is 20.1 Å². The minimum absolute atomic E-state index is 0.0339. The van der Waals surface area contributed by atoms with Crippen LogP contribution in [0.3, 0.4) is 0 Å². The molecule has 29 heavy (non-hydrogen) atoms. The number of methoxy groups -OCH3 is 2. The van der Waals surface area contributed by atoms with Gasteiger partial charge >= 0.3 is 0 Å². The zero-order chi connectivity index (χ0) is 21.2. The van der Waals surface area contributed by atoms with Crippen molar-refractivity contribution >= 4 is 29.3 Å². The maximum Gasteiger partial charge on any atom is 0.240 e. The SMILES string of the molecule is CCCNC(=O)Cn1c(CO)cnc1SCC(=O)Nc1ccc(OC)cc1OC. The molecule has 0 aliphatic rings. The Labute approximate surface area is 173 Å². The Balaban J connectivity index is 2.01. The second kappa shape index (κ2) is 11.3. The van der Waals surface area contributed by atoms with Gasteiger partial charge in [0, 0.05) is 12.6 Å². The van der Waals surface area contributed by atoms with Crippen molar-refractivity contribution in [2.45, 2.75) is 31.7 Å². The number of imidazole rings is 1. The number of hydrogen-bond acceptors (Lipinski definition) is 7. The molecule has 2 rings (SSSR count). The van der Waals surface area contributed by atoms with Gasteiger partial charge in [0.2, 0.25) is 11.8 Å². The fourth-order valence-corrected chi connectivity index (χ4v) is 3.28. The van der Waals surface area contributed by atoms with Crippen molar-refractivity contribution in [3.63, 3.8) is 0 Å². The van der Waals surface area contributed by atoms with Crippen LogP contribution in [0.5, 0.6) is 11.5 Å². The van der Waals surface area contributed by atoms with E-state index in [2.05, 4.69) is 15.6 Å². The number of carbonyl (C=O) groups is 2. The van der Waals surface area contributed by atoms with Gasteiger partial charge in [-0.05, 0) is 18.6 Å². The first-order valence-corrected chi connectivity index (χ1v) is 10.1. The summed E-state index contributed by atoms with van der Waals surface area (Å²) in [7, 11) is 3.06. The molecule has 1 aromatic carbocycles. The number of ether oxygens (including phenoxy) is 2. The minimum atomic E-state index is -0.256. The summed E-state index contributed by atoms with van der Waals surface area (Å²) in [6, 6.07) is 5.10. The second-order valence-corrected chi connectivity index (χ2v) is 6.97. The molecule has 2 aromatic rings. The number of nitrogens with one attached hydrogen (secondary N) is 2. The molecule has 158 valence electrons. The van der Waals surface area contributed by atoms with Gasteiger partial charge in [0.1, 0.15) is 18.0 Å². The number of anilines is 1. The number of benzene rings is 1. The van der Waals surface area contributed by atoms with E-state index in [0.717, 1.165) is 6.42 Å². The first-order valence-electron chi connectivity index (χ1n) is 9.09. The van der Waals surface area contributed by atoms with E-state index in [1.807, 2.05) is 6.92 Å². The first kappa shape index (κ1) is 22.6. The van der Waals surface area contributed by atoms with Gasteiger partial charge < -0.3 is 29.8 Å². The molecule has 9 nitrogen and oxygen atoms in total. The van der Waals surface area contributed by atoms with Gasteiger partial charge in [0.15, 0.2) is 5.16 Å². The number of rotatable bonds is 11. The molecule has 1 aromatic heterocycles. The molecule has 0 fully saturated rings. The number of nitrogens with zero attached hydrogens (tertiary/aromatic N) is 2. The number of aliphatic hydroxyl groups is 1. The maximum atomic E-state index is 12.4. The lowest BCUT2D eigenvalue weighted by Gasteiger charge is -2.12. The summed E-state index contributed by atoms with van der Waals surface area (Å²) in [5.41, 5.74) is 1.04. The molecule has 3 N–H and O–H groups in total. The Morgan fingerprint density at radius 2 is 2.03 bits per heavy atom. The molecule has 0 aliphatic carbocycles. The molecule has 0 radical (unpaired) electrons. The van der Waals surface area contributed by atoms with Crippen LogP contribution in [0.1, 0.15) is 19.0 Å². The monoisotopic (exact) mass is 422 g/mol. The van der Waals surface area contributed by atoms with E-state index in [9.17, 15) is 14.7 Å². The molecular formula is C19H26N4O5S. The minimum Gasteiger partial charge on any atom is -0.497 e. The Bertz CT molecular complexity index is 840. The third kappa shape index (κ3) is 6.40. The zero-order valence-electron chi connectivity index (χ0n) is 16.7.